The minimum absolute atomic E-state index is 0.0146. The molecule has 154 valence electrons. The summed E-state index contributed by atoms with van der Waals surface area (Å²) in [6.07, 6.45) is 3.34. The van der Waals surface area contributed by atoms with Gasteiger partial charge in [0.2, 0.25) is 5.88 Å². The fraction of sp³-hybridized carbons (Fsp3) is 0.478. The average molecular weight is 415 g/mol. The minimum Gasteiger partial charge on any atom is -0.474 e. The van der Waals surface area contributed by atoms with Crippen molar-refractivity contribution < 1.29 is 14.3 Å². The van der Waals surface area contributed by atoms with E-state index >= 15 is 0 Å². The van der Waals surface area contributed by atoms with Crippen LogP contribution in [0.15, 0.2) is 42.5 Å². The molecule has 2 aliphatic rings. The number of piperidine rings is 1. The molecule has 5 nitrogen and oxygen atoms in total. The Morgan fingerprint density at radius 2 is 1.76 bits per heavy atom. The number of benzene rings is 1. The van der Waals surface area contributed by atoms with Crippen LogP contribution >= 0.6 is 11.6 Å². The summed E-state index contributed by atoms with van der Waals surface area (Å²) in [7, 11) is 0. The predicted molar refractivity (Wildman–Crippen MR) is 113 cm³/mol. The fourth-order valence-corrected chi connectivity index (χ4v) is 4.49. The first-order valence-electron chi connectivity index (χ1n) is 10.2. The number of fused-ring (bicyclic) bond motifs is 2. The van der Waals surface area contributed by atoms with Gasteiger partial charge >= 0.3 is 6.09 Å². The first kappa shape index (κ1) is 20.0. The average Bonchev–Trinajstić information content (AvgIpc) is 2.92. The zero-order valence-electron chi connectivity index (χ0n) is 17.1. The molecule has 0 saturated carbocycles. The van der Waals surface area contributed by atoms with Crippen molar-refractivity contribution in [2.24, 2.45) is 0 Å². The van der Waals surface area contributed by atoms with E-state index in [1.807, 2.05) is 62.1 Å². The van der Waals surface area contributed by atoms with E-state index in [0.717, 1.165) is 36.9 Å². The Morgan fingerprint density at radius 3 is 2.38 bits per heavy atom. The fourth-order valence-electron chi connectivity index (χ4n) is 4.30. The number of rotatable bonds is 3. The molecular weight excluding hydrogens is 388 g/mol. The zero-order chi connectivity index (χ0) is 20.6. The molecule has 2 aliphatic heterocycles. The molecule has 0 radical (unpaired) electrons. The van der Waals surface area contributed by atoms with E-state index < -0.39 is 5.60 Å². The number of carbonyl (C=O) groups excluding carboxylic acids is 1. The lowest BCUT2D eigenvalue weighted by Gasteiger charge is -2.39. The van der Waals surface area contributed by atoms with Crippen molar-refractivity contribution in [1.29, 1.82) is 0 Å². The van der Waals surface area contributed by atoms with E-state index in [4.69, 9.17) is 21.1 Å². The van der Waals surface area contributed by atoms with Crippen molar-refractivity contribution >= 4 is 17.7 Å². The molecule has 1 amide bonds. The lowest BCUT2D eigenvalue weighted by Crippen LogP contribution is -2.50. The zero-order valence-corrected chi connectivity index (χ0v) is 17.9. The van der Waals surface area contributed by atoms with E-state index in [0.29, 0.717) is 10.9 Å². The van der Waals surface area contributed by atoms with Crippen LogP contribution in [0.1, 0.15) is 46.5 Å². The van der Waals surface area contributed by atoms with Crippen LogP contribution in [0.2, 0.25) is 5.02 Å². The number of hydrogen-bond donors (Lipinski definition) is 0. The number of aromatic nitrogens is 1. The van der Waals surface area contributed by atoms with Gasteiger partial charge in [-0.2, -0.15) is 0 Å². The SMILES string of the molecule is CC(C)(C)OC(=O)N1[C@@H]2CC[C@H]1CC(Oc1cc(Cl)cc(-c3ccccc3)n1)C2. The molecule has 1 aromatic heterocycles. The highest BCUT2D eigenvalue weighted by atomic mass is 35.5. The van der Waals surface area contributed by atoms with Gasteiger partial charge in [-0.25, -0.2) is 9.78 Å². The molecule has 29 heavy (non-hydrogen) atoms. The molecule has 1 aromatic carbocycles. The van der Waals surface area contributed by atoms with E-state index in [9.17, 15) is 4.79 Å². The molecule has 0 N–H and O–H groups in total. The van der Waals surface area contributed by atoms with Gasteiger partial charge in [0.1, 0.15) is 11.7 Å². The Morgan fingerprint density at radius 1 is 1.10 bits per heavy atom. The maximum Gasteiger partial charge on any atom is 0.410 e. The number of nitrogens with zero attached hydrogens (tertiary/aromatic N) is 2. The third-order valence-corrected chi connectivity index (χ3v) is 5.64. The summed E-state index contributed by atoms with van der Waals surface area (Å²) in [6.45, 7) is 5.70. The van der Waals surface area contributed by atoms with Crippen molar-refractivity contribution in [3.8, 4) is 17.1 Å². The van der Waals surface area contributed by atoms with Crippen molar-refractivity contribution in [1.82, 2.24) is 9.88 Å². The number of carbonyl (C=O) groups is 1. The summed E-state index contributed by atoms with van der Waals surface area (Å²) in [5.74, 6) is 0.534. The third-order valence-electron chi connectivity index (χ3n) is 5.42. The Kier molecular flexibility index (Phi) is 5.43. The summed E-state index contributed by atoms with van der Waals surface area (Å²) in [6, 6.07) is 13.8. The Hall–Kier alpha value is -2.27. The van der Waals surface area contributed by atoms with E-state index in [-0.39, 0.29) is 24.3 Å². The highest BCUT2D eigenvalue weighted by Crippen LogP contribution is 2.38. The van der Waals surface area contributed by atoms with Crippen LogP contribution in [0.3, 0.4) is 0 Å². The van der Waals surface area contributed by atoms with Gasteiger partial charge in [-0.05, 0) is 39.7 Å². The Bertz CT molecular complexity index is 867. The quantitative estimate of drug-likeness (QED) is 0.645. The largest absolute Gasteiger partial charge is 0.474 e. The van der Waals surface area contributed by atoms with E-state index in [1.54, 1.807) is 6.07 Å². The summed E-state index contributed by atoms with van der Waals surface area (Å²) in [5, 5.41) is 0.600. The molecule has 2 saturated heterocycles. The minimum atomic E-state index is -0.484. The van der Waals surface area contributed by atoms with E-state index in [2.05, 4.69) is 4.98 Å². The van der Waals surface area contributed by atoms with Crippen LogP contribution in [0.5, 0.6) is 5.88 Å². The molecule has 1 unspecified atom stereocenters. The monoisotopic (exact) mass is 414 g/mol. The van der Waals surface area contributed by atoms with Crippen LogP contribution in [-0.2, 0) is 4.74 Å². The van der Waals surface area contributed by atoms with Crippen LogP contribution < -0.4 is 4.74 Å². The highest BCUT2D eigenvalue weighted by molar-refractivity contribution is 6.30. The number of halogens is 1. The third kappa shape index (κ3) is 4.67. The maximum absolute atomic E-state index is 12.6. The van der Waals surface area contributed by atoms with Crippen LogP contribution in [-0.4, -0.2) is 39.8 Å². The van der Waals surface area contributed by atoms with E-state index in [1.165, 1.54) is 0 Å². The van der Waals surface area contributed by atoms with Crippen LogP contribution in [0.25, 0.3) is 11.3 Å². The molecule has 2 bridgehead atoms. The van der Waals surface area contributed by atoms with Crippen molar-refractivity contribution in [2.45, 2.75) is 70.2 Å². The van der Waals surface area contributed by atoms with Crippen molar-refractivity contribution in [2.75, 3.05) is 0 Å². The smallest absolute Gasteiger partial charge is 0.410 e. The lowest BCUT2D eigenvalue weighted by atomic mass is 10.0. The van der Waals surface area contributed by atoms with Crippen molar-refractivity contribution in [3.05, 3.63) is 47.5 Å². The summed E-state index contributed by atoms with van der Waals surface area (Å²) >= 11 is 6.32. The molecule has 3 heterocycles. The predicted octanol–water partition coefficient (Wildman–Crippen LogP) is 5.71. The number of ether oxygens (including phenoxy) is 2. The first-order valence-corrected chi connectivity index (χ1v) is 10.6. The molecule has 0 spiro atoms. The summed E-state index contributed by atoms with van der Waals surface area (Å²) in [4.78, 5) is 19.2. The molecule has 2 fully saturated rings. The normalized spacial score (nSPS) is 23.7. The highest BCUT2D eigenvalue weighted by Gasteiger charge is 2.45. The first-order chi connectivity index (χ1) is 13.8. The second-order valence-corrected chi connectivity index (χ2v) is 9.30. The second-order valence-electron chi connectivity index (χ2n) is 8.86. The van der Waals surface area contributed by atoms with Gasteiger partial charge in [0, 0.05) is 41.6 Å². The Balaban J connectivity index is 1.46. The summed E-state index contributed by atoms with van der Waals surface area (Å²) < 4.78 is 11.8. The van der Waals surface area contributed by atoms with Gasteiger partial charge in [0.05, 0.1) is 5.69 Å². The molecule has 0 aliphatic carbocycles. The van der Waals surface area contributed by atoms with Gasteiger partial charge < -0.3 is 14.4 Å². The standard InChI is InChI=1S/C23H27ClN2O3/c1-23(2,3)29-22(27)26-17-9-10-18(26)14-19(13-17)28-21-12-16(24)11-20(25-21)15-7-5-4-6-8-15/h4-8,11-12,17-19H,9-10,13-14H2,1-3H3/t17-,18+,19?. The molecule has 4 rings (SSSR count). The number of pyridine rings is 1. The maximum atomic E-state index is 12.6. The summed E-state index contributed by atoms with van der Waals surface area (Å²) in [5.41, 5.74) is 1.31. The molecular formula is C23H27ClN2O3. The van der Waals surface area contributed by atoms with Gasteiger partial charge in [0.15, 0.2) is 0 Å². The van der Waals surface area contributed by atoms with Gasteiger partial charge in [-0.15, -0.1) is 0 Å². The topological polar surface area (TPSA) is 51.7 Å². The van der Waals surface area contributed by atoms with Crippen molar-refractivity contribution in [3.63, 3.8) is 0 Å². The van der Waals surface area contributed by atoms with Gasteiger partial charge in [-0.1, -0.05) is 41.9 Å². The molecule has 2 aromatic rings. The number of amides is 1. The van der Waals surface area contributed by atoms with Gasteiger partial charge in [0.25, 0.3) is 0 Å². The Labute approximate surface area is 177 Å². The second kappa shape index (κ2) is 7.86. The molecule has 3 atom stereocenters. The van der Waals surface area contributed by atoms with Gasteiger partial charge in [-0.3, -0.25) is 0 Å². The number of hydrogen-bond acceptors (Lipinski definition) is 4. The van der Waals surface area contributed by atoms with Crippen LogP contribution in [0, 0.1) is 0 Å². The lowest BCUT2D eigenvalue weighted by molar-refractivity contribution is -0.00757. The molecule has 6 heteroatoms. The van der Waals surface area contributed by atoms with Crippen LogP contribution in [0.4, 0.5) is 4.79 Å².